The maximum Gasteiger partial charge on any atom is 0.330 e. The number of carbonyl (C=O) groups is 6. The SMILES string of the molecule is [C-]#[N+]C(C#N)=C1Sc2c(OC(=O)C3CCC(C(=O)OC4CCC(OCCCCCCOC(=O)C=C)CC4)CC3)ccc(OC(=O)C3CCC(C(=O)OC4CCC(OCCCCCCOC(=O)C=C)CC4)CC3)c2S1. The average molecular weight is 1060 g/mol. The Morgan fingerprint density at radius 2 is 0.865 bits per heavy atom. The summed E-state index contributed by atoms with van der Waals surface area (Å²) in [5, 5.41) is 9.70. The maximum atomic E-state index is 13.6. The molecule has 0 amide bonds. The number of hydrogen-bond donors (Lipinski definition) is 0. The second-order valence-electron chi connectivity index (χ2n) is 19.7. The van der Waals surface area contributed by atoms with Crippen molar-refractivity contribution < 1.29 is 66.7 Å². The fourth-order valence-electron chi connectivity index (χ4n) is 10.0. The highest BCUT2D eigenvalue weighted by Gasteiger charge is 2.38. The first-order valence-electron chi connectivity index (χ1n) is 26.7. The van der Waals surface area contributed by atoms with Gasteiger partial charge >= 0.3 is 35.8 Å². The molecule has 6 rings (SSSR count). The normalized spacial score (nSPS) is 24.4. The molecule has 1 heterocycles. The lowest BCUT2D eigenvalue weighted by atomic mass is 9.82. The first-order chi connectivity index (χ1) is 36.0. The lowest BCUT2D eigenvalue weighted by molar-refractivity contribution is -0.160. The van der Waals surface area contributed by atoms with Crippen molar-refractivity contribution >= 4 is 59.3 Å². The monoisotopic (exact) mass is 1060 g/mol. The third-order valence-corrected chi connectivity index (χ3v) is 17.1. The molecular formula is C56H72N2O14S2. The fourth-order valence-corrected chi connectivity index (χ4v) is 12.5. The standard InChI is InChI=1S/C56H72N2O14S2/c1-4-48(59)67-34-12-8-6-10-32-65-41-22-26-43(27-23-41)69-52(61)37-14-18-39(19-15-37)54(63)71-46-30-31-47(51-50(46)73-56(74-51)45(36-57)58-3)72-55(64)40-20-16-38(17-21-40)53(62)70-44-28-24-42(25-29-44)66-33-11-7-9-13-35-68-49(60)5-2/h4-5,30-31,37-44H,1-2,6-29,32-35H2. The zero-order valence-electron chi connectivity index (χ0n) is 42.6. The van der Waals surface area contributed by atoms with Crippen molar-refractivity contribution in [3.8, 4) is 17.6 Å². The van der Waals surface area contributed by atoms with Crippen LogP contribution in [-0.4, -0.2) is 86.7 Å². The van der Waals surface area contributed by atoms with Crippen LogP contribution in [0.5, 0.6) is 11.5 Å². The third-order valence-electron chi connectivity index (χ3n) is 14.5. The Morgan fingerprint density at radius 1 is 0.527 bits per heavy atom. The molecule has 4 fully saturated rings. The van der Waals surface area contributed by atoms with Gasteiger partial charge in [0.25, 0.3) is 5.70 Å². The number of fused-ring (bicyclic) bond motifs is 1. The molecule has 0 N–H and O–H groups in total. The molecule has 4 aliphatic carbocycles. The van der Waals surface area contributed by atoms with Crippen molar-refractivity contribution in [2.24, 2.45) is 23.7 Å². The van der Waals surface area contributed by atoms with Crippen LogP contribution in [0.25, 0.3) is 4.85 Å². The summed E-state index contributed by atoms with van der Waals surface area (Å²) in [5.41, 5.74) is -0.125. The number of allylic oxidation sites excluding steroid dienone is 1. The Bertz CT molecular complexity index is 2070. The van der Waals surface area contributed by atoms with Gasteiger partial charge in [-0.05, 0) is 153 Å². The molecule has 16 nitrogen and oxygen atoms in total. The van der Waals surface area contributed by atoms with E-state index < -0.39 is 35.7 Å². The van der Waals surface area contributed by atoms with Gasteiger partial charge < -0.3 is 37.9 Å². The molecule has 402 valence electrons. The van der Waals surface area contributed by atoms with Gasteiger partial charge in [0.15, 0.2) is 0 Å². The van der Waals surface area contributed by atoms with E-state index in [9.17, 15) is 34.0 Å². The van der Waals surface area contributed by atoms with Crippen molar-refractivity contribution in [1.82, 2.24) is 0 Å². The third kappa shape index (κ3) is 18.3. The molecule has 18 heteroatoms. The van der Waals surface area contributed by atoms with Crippen LogP contribution in [-0.2, 0) is 57.2 Å². The second kappa shape index (κ2) is 31.0. The fraction of sp³-hybridized carbons (Fsp3) is 0.643. The first kappa shape index (κ1) is 58.1. The highest BCUT2D eigenvalue weighted by atomic mass is 32.2. The molecular weight excluding hydrogens is 989 g/mol. The van der Waals surface area contributed by atoms with Crippen LogP contribution in [0.4, 0.5) is 0 Å². The molecule has 0 aromatic heterocycles. The van der Waals surface area contributed by atoms with Crippen LogP contribution in [0.3, 0.4) is 0 Å². The van der Waals surface area contributed by atoms with E-state index >= 15 is 0 Å². The van der Waals surface area contributed by atoms with Gasteiger partial charge in [-0.3, -0.25) is 19.2 Å². The molecule has 1 aliphatic heterocycles. The number of esters is 6. The minimum absolute atomic E-state index is 0.125. The highest BCUT2D eigenvalue weighted by molar-refractivity contribution is 8.24. The highest BCUT2D eigenvalue weighted by Crippen LogP contribution is 2.59. The number of hydrogen-bond acceptors (Lipinski definition) is 17. The van der Waals surface area contributed by atoms with Crippen molar-refractivity contribution in [3.05, 3.63) is 58.8 Å². The van der Waals surface area contributed by atoms with Gasteiger partial charge in [-0.1, -0.05) is 49.5 Å². The number of rotatable bonds is 26. The molecule has 1 aromatic carbocycles. The summed E-state index contributed by atoms with van der Waals surface area (Å²) < 4.78 is 46.4. The Balaban J connectivity index is 0.887. The van der Waals surface area contributed by atoms with Gasteiger partial charge in [0, 0.05) is 25.4 Å². The van der Waals surface area contributed by atoms with Gasteiger partial charge in [-0.15, -0.1) is 0 Å². The first-order valence-corrected chi connectivity index (χ1v) is 28.3. The Kier molecular flexibility index (Phi) is 24.4. The molecule has 4 saturated carbocycles. The van der Waals surface area contributed by atoms with E-state index in [4.69, 9.17) is 44.5 Å². The van der Waals surface area contributed by atoms with Gasteiger partial charge in [0.05, 0.1) is 75.8 Å². The minimum atomic E-state index is -0.441. The lowest BCUT2D eigenvalue weighted by Crippen LogP contribution is -2.33. The van der Waals surface area contributed by atoms with E-state index in [1.54, 1.807) is 12.1 Å². The van der Waals surface area contributed by atoms with Crippen LogP contribution in [0, 0.1) is 41.6 Å². The number of carbonyl (C=O) groups excluding carboxylic acids is 6. The summed E-state index contributed by atoms with van der Waals surface area (Å²) in [6, 6.07) is 5.07. The topological polar surface area (TPSA) is 204 Å². The molecule has 0 unspecified atom stereocenters. The Labute approximate surface area is 444 Å². The number of nitriles is 1. The number of thioether (sulfide) groups is 2. The van der Waals surface area contributed by atoms with Gasteiger partial charge in [0.1, 0.15) is 23.7 Å². The van der Waals surface area contributed by atoms with E-state index in [1.165, 1.54) is 12.2 Å². The predicted molar refractivity (Wildman–Crippen MR) is 275 cm³/mol. The molecule has 0 radical (unpaired) electrons. The minimum Gasteiger partial charge on any atom is -0.463 e. The summed E-state index contributed by atoms with van der Waals surface area (Å²) in [7, 11) is 0. The zero-order valence-corrected chi connectivity index (χ0v) is 44.2. The molecule has 74 heavy (non-hydrogen) atoms. The number of ether oxygens (including phenoxy) is 8. The molecule has 0 atom stereocenters. The molecule has 0 saturated heterocycles. The van der Waals surface area contributed by atoms with Gasteiger partial charge in [-0.2, -0.15) is 0 Å². The summed E-state index contributed by atoms with van der Waals surface area (Å²) >= 11 is 2.25. The van der Waals surface area contributed by atoms with Crippen molar-refractivity contribution in [2.75, 3.05) is 26.4 Å². The number of nitrogens with zero attached hydrogens (tertiary/aromatic N) is 2. The van der Waals surface area contributed by atoms with Crippen LogP contribution < -0.4 is 9.47 Å². The number of benzene rings is 1. The summed E-state index contributed by atoms with van der Waals surface area (Å²) in [4.78, 5) is 80.3. The Morgan fingerprint density at radius 3 is 1.20 bits per heavy atom. The van der Waals surface area contributed by atoms with E-state index in [0.29, 0.717) is 91.8 Å². The van der Waals surface area contributed by atoms with Crippen LogP contribution in [0.2, 0.25) is 0 Å². The molecule has 0 spiro atoms. The Hall–Kier alpha value is -5.14. The summed E-state index contributed by atoms with van der Waals surface area (Å²) in [6.07, 6.45) is 19.9. The van der Waals surface area contributed by atoms with Crippen molar-refractivity contribution in [3.63, 3.8) is 0 Å². The van der Waals surface area contributed by atoms with Gasteiger partial charge in [0.2, 0.25) is 0 Å². The predicted octanol–water partition coefficient (Wildman–Crippen LogP) is 11.2. The second-order valence-corrected chi connectivity index (χ2v) is 22.0. The van der Waals surface area contributed by atoms with E-state index in [-0.39, 0.29) is 65.4 Å². The smallest absolute Gasteiger partial charge is 0.330 e. The van der Waals surface area contributed by atoms with Crippen LogP contribution >= 0.6 is 23.5 Å². The van der Waals surface area contributed by atoms with E-state index in [0.717, 1.165) is 126 Å². The van der Waals surface area contributed by atoms with Gasteiger partial charge in [-0.25, -0.2) is 19.7 Å². The largest absolute Gasteiger partial charge is 0.463 e. The van der Waals surface area contributed by atoms with E-state index in [2.05, 4.69) is 18.0 Å². The summed E-state index contributed by atoms with van der Waals surface area (Å²) in [6.45, 7) is 16.5. The lowest BCUT2D eigenvalue weighted by Gasteiger charge is -2.31. The average Bonchev–Trinajstić information content (AvgIpc) is 3.88. The summed E-state index contributed by atoms with van der Waals surface area (Å²) in [5.74, 6) is -3.13. The molecule has 5 aliphatic rings. The zero-order chi connectivity index (χ0) is 52.7. The quantitative estimate of drug-likeness (QED) is 0.0161. The molecule has 1 aromatic rings. The van der Waals surface area contributed by atoms with Crippen LogP contribution in [0.15, 0.2) is 57.2 Å². The maximum absolute atomic E-state index is 13.6. The van der Waals surface area contributed by atoms with Crippen molar-refractivity contribution in [2.45, 2.75) is 188 Å². The van der Waals surface area contributed by atoms with E-state index in [1.807, 2.05) is 6.07 Å². The van der Waals surface area contributed by atoms with Crippen molar-refractivity contribution in [1.29, 1.82) is 5.26 Å². The van der Waals surface area contributed by atoms with Crippen LogP contribution in [0.1, 0.15) is 154 Å². The number of unbranched alkanes of at least 4 members (excludes halogenated alkanes) is 6. The molecule has 0 bridgehead atoms.